The highest BCUT2D eigenvalue weighted by atomic mass is 16.6. The smallest absolute Gasteiger partial charge is 0.401 e. The molecule has 1 rings (SSSR count). The van der Waals surface area contributed by atoms with Crippen LogP contribution < -0.4 is 4.74 Å². The molecule has 10 heavy (non-hydrogen) atoms. The van der Waals surface area contributed by atoms with Gasteiger partial charge in [-0.1, -0.05) is 0 Å². The third-order valence-corrected chi connectivity index (χ3v) is 0.815. The average Bonchev–Trinajstić information content (AvgIpc) is 2.40. The van der Waals surface area contributed by atoms with Gasteiger partial charge in [0.1, 0.15) is 6.26 Å². The first-order valence-corrected chi connectivity index (χ1v) is 2.72. The summed E-state index contributed by atoms with van der Waals surface area (Å²) in [5.41, 5.74) is 0. The van der Waals surface area contributed by atoms with Crippen LogP contribution in [0, 0.1) is 6.92 Å². The van der Waals surface area contributed by atoms with Crippen LogP contribution in [0.15, 0.2) is 16.9 Å². The molecule has 0 aliphatic rings. The second kappa shape index (κ2) is 3.00. The molecule has 0 saturated heterocycles. The van der Waals surface area contributed by atoms with E-state index in [9.17, 15) is 4.79 Å². The Morgan fingerprint density at radius 2 is 2.70 bits per heavy atom. The van der Waals surface area contributed by atoms with E-state index in [1.807, 2.05) is 0 Å². The predicted molar refractivity (Wildman–Crippen MR) is 32.1 cm³/mol. The van der Waals surface area contributed by atoms with Gasteiger partial charge >= 0.3 is 12.0 Å². The number of hydrogen-bond donors (Lipinski definition) is 0. The Labute approximate surface area is 57.8 Å². The molecule has 0 N–H and O–H groups in total. The van der Waals surface area contributed by atoms with Crippen molar-refractivity contribution in [3.63, 3.8) is 0 Å². The molecule has 0 spiro atoms. The number of nitrogens with zero attached hydrogens (tertiary/aromatic N) is 1. The molecule has 0 atom stereocenters. The Bertz CT molecular complexity index is 205. The summed E-state index contributed by atoms with van der Waals surface area (Å²) >= 11 is 0. The molecule has 1 aromatic rings. The molecule has 0 fully saturated rings. The Balaban J connectivity index is 2.48. The van der Waals surface area contributed by atoms with Gasteiger partial charge in [0.15, 0.2) is 0 Å². The maximum absolute atomic E-state index is 10.5. The zero-order valence-electron chi connectivity index (χ0n) is 5.24. The molecule has 0 amide bonds. The lowest BCUT2D eigenvalue weighted by atomic mass is 10.5. The van der Waals surface area contributed by atoms with Crippen LogP contribution in [0.25, 0.3) is 0 Å². The molecule has 1 radical (unpaired) electrons. The summed E-state index contributed by atoms with van der Waals surface area (Å²) in [7, 11) is 0. The van der Waals surface area contributed by atoms with Crippen molar-refractivity contribution < 1.29 is 13.9 Å². The van der Waals surface area contributed by atoms with E-state index in [0.717, 1.165) is 0 Å². The Kier molecular flexibility index (Phi) is 2.04. The number of esters is 1. The van der Waals surface area contributed by atoms with Gasteiger partial charge in [-0.15, -0.1) is 0 Å². The van der Waals surface area contributed by atoms with E-state index >= 15 is 0 Å². The molecule has 4 nitrogen and oxygen atoms in total. The van der Waals surface area contributed by atoms with Crippen LogP contribution in [0.5, 0.6) is 6.08 Å². The standard InChI is InChI=1S/C6H6NO3/c1-2-5(8)10-6-7-3-4-9-6/h3-4H,1-2H2. The van der Waals surface area contributed by atoms with Gasteiger partial charge in [-0.3, -0.25) is 4.79 Å². The van der Waals surface area contributed by atoms with Crippen molar-refractivity contribution in [3.8, 4) is 6.08 Å². The number of rotatable bonds is 2. The summed E-state index contributed by atoms with van der Waals surface area (Å²) in [6, 6.07) is 0. The highest BCUT2D eigenvalue weighted by molar-refractivity contribution is 5.71. The van der Waals surface area contributed by atoms with E-state index in [2.05, 4.69) is 21.1 Å². The van der Waals surface area contributed by atoms with Gasteiger partial charge < -0.3 is 9.15 Å². The largest absolute Gasteiger partial charge is 0.417 e. The molecule has 0 saturated carbocycles. The quantitative estimate of drug-likeness (QED) is 0.570. The predicted octanol–water partition coefficient (Wildman–Crippen LogP) is 0.804. The normalized spacial score (nSPS) is 9.30. The molecule has 0 aliphatic carbocycles. The Morgan fingerprint density at radius 1 is 1.90 bits per heavy atom. The molecule has 0 aromatic carbocycles. The van der Waals surface area contributed by atoms with Crippen LogP contribution in [0.1, 0.15) is 6.42 Å². The molecule has 0 aliphatic heterocycles. The molecule has 4 heteroatoms. The third-order valence-electron chi connectivity index (χ3n) is 0.815. The fourth-order valence-corrected chi connectivity index (χ4v) is 0.409. The van der Waals surface area contributed by atoms with Gasteiger partial charge in [0.25, 0.3) is 0 Å². The van der Waals surface area contributed by atoms with Crippen LogP contribution in [0.2, 0.25) is 0 Å². The van der Waals surface area contributed by atoms with Gasteiger partial charge in [-0.25, -0.2) is 0 Å². The van der Waals surface area contributed by atoms with Gasteiger partial charge in [0, 0.05) is 6.42 Å². The van der Waals surface area contributed by atoms with Crippen molar-refractivity contribution in [1.29, 1.82) is 0 Å². The van der Waals surface area contributed by atoms with Crippen molar-refractivity contribution in [2.75, 3.05) is 0 Å². The van der Waals surface area contributed by atoms with Gasteiger partial charge in [-0.2, -0.15) is 4.98 Å². The lowest BCUT2D eigenvalue weighted by molar-refractivity contribution is -0.135. The number of carbonyl (C=O) groups excluding carboxylic acids is 1. The third kappa shape index (κ3) is 1.58. The summed E-state index contributed by atoms with van der Waals surface area (Å²) in [5, 5.41) is 0. The molecule has 1 heterocycles. The minimum Gasteiger partial charge on any atom is -0.417 e. The summed E-state index contributed by atoms with van der Waals surface area (Å²) in [6.07, 6.45) is 2.76. The average molecular weight is 140 g/mol. The van der Waals surface area contributed by atoms with E-state index < -0.39 is 5.97 Å². The highest BCUT2D eigenvalue weighted by Crippen LogP contribution is 2.04. The SMILES string of the molecule is [CH2]CC(=O)Oc1ncco1. The first kappa shape index (κ1) is 6.80. The number of aromatic nitrogens is 1. The molecule has 0 bridgehead atoms. The summed E-state index contributed by atoms with van der Waals surface area (Å²) in [4.78, 5) is 14.1. The fourth-order valence-electron chi connectivity index (χ4n) is 0.409. The minimum absolute atomic E-state index is 0.0337. The van der Waals surface area contributed by atoms with Crippen LogP contribution in [-0.2, 0) is 4.79 Å². The van der Waals surface area contributed by atoms with Crippen molar-refractivity contribution in [3.05, 3.63) is 19.4 Å². The number of carbonyl (C=O) groups is 1. The van der Waals surface area contributed by atoms with Crippen LogP contribution in [0.3, 0.4) is 0 Å². The fraction of sp³-hybridized carbons (Fsp3) is 0.167. The second-order valence-electron chi connectivity index (χ2n) is 1.52. The first-order chi connectivity index (χ1) is 4.83. The topological polar surface area (TPSA) is 52.3 Å². The highest BCUT2D eigenvalue weighted by Gasteiger charge is 2.03. The van der Waals surface area contributed by atoms with E-state index in [1.54, 1.807) is 0 Å². The van der Waals surface area contributed by atoms with E-state index in [0.29, 0.717) is 0 Å². The molecule has 0 unspecified atom stereocenters. The van der Waals surface area contributed by atoms with E-state index in [-0.39, 0.29) is 12.5 Å². The second-order valence-corrected chi connectivity index (χ2v) is 1.52. The monoisotopic (exact) mass is 140 g/mol. The Hall–Kier alpha value is -1.32. The zero-order valence-corrected chi connectivity index (χ0v) is 5.24. The lowest BCUT2D eigenvalue weighted by Crippen LogP contribution is -2.05. The van der Waals surface area contributed by atoms with E-state index in [4.69, 9.17) is 0 Å². The number of hydrogen-bond acceptors (Lipinski definition) is 4. The lowest BCUT2D eigenvalue weighted by Gasteiger charge is -1.92. The maximum Gasteiger partial charge on any atom is 0.401 e. The number of oxazole rings is 1. The molecular formula is C6H6NO3. The minimum atomic E-state index is -0.456. The van der Waals surface area contributed by atoms with Gasteiger partial charge in [0.2, 0.25) is 0 Å². The van der Waals surface area contributed by atoms with Crippen LogP contribution in [-0.4, -0.2) is 11.0 Å². The summed E-state index contributed by atoms with van der Waals surface area (Å²) < 4.78 is 9.15. The Morgan fingerprint density at radius 3 is 3.20 bits per heavy atom. The molecule has 53 valence electrons. The van der Waals surface area contributed by atoms with Crippen molar-refractivity contribution in [2.45, 2.75) is 6.42 Å². The molecule has 1 aromatic heterocycles. The summed E-state index contributed by atoms with van der Waals surface area (Å²) in [6.45, 7) is 3.32. The van der Waals surface area contributed by atoms with Gasteiger partial charge in [-0.05, 0) is 6.92 Å². The van der Waals surface area contributed by atoms with Crippen molar-refractivity contribution in [2.24, 2.45) is 0 Å². The van der Waals surface area contributed by atoms with Crippen molar-refractivity contribution >= 4 is 5.97 Å². The summed E-state index contributed by atoms with van der Waals surface area (Å²) in [5.74, 6) is -0.456. The number of ether oxygens (including phenoxy) is 1. The van der Waals surface area contributed by atoms with Crippen LogP contribution >= 0.6 is 0 Å². The van der Waals surface area contributed by atoms with Crippen molar-refractivity contribution in [1.82, 2.24) is 4.98 Å². The molecular weight excluding hydrogens is 134 g/mol. The maximum atomic E-state index is 10.5. The zero-order chi connectivity index (χ0) is 7.40. The van der Waals surface area contributed by atoms with Gasteiger partial charge in [0.05, 0.1) is 6.20 Å². The first-order valence-electron chi connectivity index (χ1n) is 2.72. The van der Waals surface area contributed by atoms with Crippen LogP contribution in [0.4, 0.5) is 0 Å². The van der Waals surface area contributed by atoms with E-state index in [1.165, 1.54) is 12.5 Å².